The van der Waals surface area contributed by atoms with Gasteiger partial charge in [0.2, 0.25) is 0 Å². The Morgan fingerprint density at radius 2 is 1.78 bits per heavy atom. The van der Waals surface area contributed by atoms with E-state index in [1.54, 1.807) is 13.8 Å². The summed E-state index contributed by atoms with van der Waals surface area (Å²) in [5.74, 6) is -0.561. The molecule has 4 rings (SSSR count). The second-order valence-electron chi connectivity index (χ2n) is 7.34. The van der Waals surface area contributed by atoms with E-state index in [9.17, 15) is 14.9 Å². The van der Waals surface area contributed by atoms with Crippen molar-refractivity contribution in [2.24, 2.45) is 0 Å². The molecular formula is C25H20N4O3. The summed E-state index contributed by atoms with van der Waals surface area (Å²) in [6, 6.07) is 18.9. The molecule has 0 unspecified atom stereocenters. The molecule has 0 saturated carbocycles. The van der Waals surface area contributed by atoms with Crippen LogP contribution < -0.4 is 5.56 Å². The number of nitriles is 1. The number of fused-ring (bicyclic) bond motifs is 1. The summed E-state index contributed by atoms with van der Waals surface area (Å²) >= 11 is 0. The van der Waals surface area contributed by atoms with Crippen molar-refractivity contribution in [3.63, 3.8) is 0 Å². The maximum Gasteiger partial charge on any atom is 0.340 e. The first-order valence-corrected chi connectivity index (χ1v) is 10.00. The van der Waals surface area contributed by atoms with Crippen molar-refractivity contribution in [2.45, 2.75) is 20.4 Å². The number of para-hydroxylation sites is 1. The summed E-state index contributed by atoms with van der Waals surface area (Å²) in [6.45, 7) is 3.34. The maximum absolute atomic E-state index is 13.0. The van der Waals surface area contributed by atoms with E-state index < -0.39 is 11.5 Å². The first-order valence-electron chi connectivity index (χ1n) is 10.00. The second-order valence-corrected chi connectivity index (χ2v) is 7.34. The first-order chi connectivity index (χ1) is 15.5. The number of carbonyl (C=O) groups is 1. The van der Waals surface area contributed by atoms with E-state index in [0.717, 1.165) is 10.9 Å². The lowest BCUT2D eigenvalue weighted by molar-refractivity contribution is 0.0600. The average Bonchev–Trinajstić information content (AvgIpc) is 2.82. The molecule has 0 aliphatic carbocycles. The molecule has 7 nitrogen and oxygen atoms in total. The van der Waals surface area contributed by atoms with Crippen LogP contribution in [0.2, 0.25) is 0 Å². The molecule has 0 aliphatic rings. The molecule has 0 atom stereocenters. The first kappa shape index (κ1) is 20.9. The SMILES string of the molecule is COC(=O)c1c(Cn2nc(C)c(C)c(C#N)c2=O)nc2ccccc2c1-c1ccccc1. The normalized spacial score (nSPS) is 10.7. The monoisotopic (exact) mass is 424 g/mol. The maximum atomic E-state index is 13.0. The van der Waals surface area contributed by atoms with Crippen LogP contribution in [-0.2, 0) is 11.3 Å². The van der Waals surface area contributed by atoms with Gasteiger partial charge in [0.15, 0.2) is 0 Å². The van der Waals surface area contributed by atoms with Crippen LogP contribution in [-0.4, -0.2) is 27.8 Å². The highest BCUT2D eigenvalue weighted by molar-refractivity contribution is 6.07. The Labute approximate surface area is 184 Å². The van der Waals surface area contributed by atoms with Gasteiger partial charge in [-0.1, -0.05) is 48.5 Å². The summed E-state index contributed by atoms with van der Waals surface area (Å²) in [6.07, 6.45) is 0. The number of esters is 1. The van der Waals surface area contributed by atoms with Crippen LogP contribution in [0.4, 0.5) is 0 Å². The van der Waals surface area contributed by atoms with E-state index in [-0.39, 0.29) is 17.7 Å². The van der Waals surface area contributed by atoms with Gasteiger partial charge in [0.25, 0.3) is 5.56 Å². The zero-order valence-corrected chi connectivity index (χ0v) is 17.9. The smallest absolute Gasteiger partial charge is 0.340 e. The fourth-order valence-electron chi connectivity index (χ4n) is 3.76. The van der Waals surface area contributed by atoms with E-state index in [1.165, 1.54) is 11.8 Å². The lowest BCUT2D eigenvalue weighted by Gasteiger charge is -2.17. The van der Waals surface area contributed by atoms with Gasteiger partial charge in [-0.25, -0.2) is 14.5 Å². The van der Waals surface area contributed by atoms with E-state index in [0.29, 0.717) is 28.0 Å². The van der Waals surface area contributed by atoms with Crippen molar-refractivity contribution in [3.05, 3.63) is 93.0 Å². The van der Waals surface area contributed by atoms with Crippen molar-refractivity contribution in [1.82, 2.24) is 14.8 Å². The fourth-order valence-corrected chi connectivity index (χ4v) is 3.76. The molecule has 0 spiro atoms. The number of benzene rings is 2. The highest BCUT2D eigenvalue weighted by atomic mass is 16.5. The Kier molecular flexibility index (Phi) is 5.52. The summed E-state index contributed by atoms with van der Waals surface area (Å²) in [5, 5.41) is 14.6. The summed E-state index contributed by atoms with van der Waals surface area (Å²) in [7, 11) is 1.31. The molecule has 2 aromatic carbocycles. The van der Waals surface area contributed by atoms with Crippen molar-refractivity contribution < 1.29 is 9.53 Å². The Morgan fingerprint density at radius 1 is 1.09 bits per heavy atom. The van der Waals surface area contributed by atoms with Crippen LogP contribution in [0, 0.1) is 25.2 Å². The lowest BCUT2D eigenvalue weighted by Crippen LogP contribution is -2.29. The Bertz CT molecular complexity index is 1450. The van der Waals surface area contributed by atoms with Crippen LogP contribution in [0.25, 0.3) is 22.0 Å². The summed E-state index contributed by atoms with van der Waals surface area (Å²) < 4.78 is 6.28. The van der Waals surface area contributed by atoms with Crippen LogP contribution >= 0.6 is 0 Å². The highest BCUT2D eigenvalue weighted by Gasteiger charge is 2.24. The Balaban J connectivity index is 2.05. The van der Waals surface area contributed by atoms with E-state index in [1.807, 2.05) is 60.7 Å². The lowest BCUT2D eigenvalue weighted by atomic mass is 9.94. The third-order valence-electron chi connectivity index (χ3n) is 5.47. The highest BCUT2D eigenvalue weighted by Crippen LogP contribution is 2.33. The van der Waals surface area contributed by atoms with Gasteiger partial charge >= 0.3 is 5.97 Å². The second kappa shape index (κ2) is 8.44. The zero-order chi connectivity index (χ0) is 22.8. The van der Waals surface area contributed by atoms with Gasteiger partial charge in [-0.05, 0) is 31.0 Å². The quantitative estimate of drug-likeness (QED) is 0.463. The van der Waals surface area contributed by atoms with Gasteiger partial charge in [-0.15, -0.1) is 0 Å². The van der Waals surface area contributed by atoms with E-state index in [4.69, 9.17) is 9.72 Å². The third kappa shape index (κ3) is 3.52. The number of nitrogens with zero attached hydrogens (tertiary/aromatic N) is 4. The number of aryl methyl sites for hydroxylation is 1. The van der Waals surface area contributed by atoms with Gasteiger partial charge in [0.05, 0.1) is 36.1 Å². The number of methoxy groups -OCH3 is 1. The predicted molar refractivity (Wildman–Crippen MR) is 120 cm³/mol. The number of rotatable bonds is 4. The molecule has 0 fully saturated rings. The molecule has 2 aromatic heterocycles. The molecule has 2 heterocycles. The molecule has 0 saturated heterocycles. The van der Waals surface area contributed by atoms with Crippen LogP contribution in [0.1, 0.15) is 32.9 Å². The van der Waals surface area contributed by atoms with Crippen LogP contribution in [0.5, 0.6) is 0 Å². The molecule has 0 aliphatic heterocycles. The fraction of sp³-hybridized carbons (Fsp3) is 0.160. The van der Waals surface area contributed by atoms with Crippen LogP contribution in [0.15, 0.2) is 59.4 Å². The van der Waals surface area contributed by atoms with Crippen molar-refractivity contribution in [3.8, 4) is 17.2 Å². The van der Waals surface area contributed by atoms with Crippen molar-refractivity contribution in [1.29, 1.82) is 5.26 Å². The molecule has 0 radical (unpaired) electrons. The number of aromatic nitrogens is 3. The predicted octanol–water partition coefficient (Wildman–Crippen LogP) is 3.78. The number of pyridine rings is 1. The summed E-state index contributed by atoms with van der Waals surface area (Å²) in [5.41, 5.74) is 3.39. The average molecular weight is 424 g/mol. The zero-order valence-electron chi connectivity index (χ0n) is 17.9. The number of hydrogen-bond donors (Lipinski definition) is 0. The Morgan fingerprint density at radius 3 is 2.47 bits per heavy atom. The van der Waals surface area contributed by atoms with Crippen molar-refractivity contribution in [2.75, 3.05) is 7.11 Å². The number of hydrogen-bond acceptors (Lipinski definition) is 6. The topological polar surface area (TPSA) is 97.9 Å². The molecular weight excluding hydrogens is 404 g/mol. The van der Waals surface area contributed by atoms with Gasteiger partial charge in [0, 0.05) is 10.9 Å². The molecule has 32 heavy (non-hydrogen) atoms. The minimum atomic E-state index is -0.561. The molecule has 158 valence electrons. The standard InChI is InChI=1S/C25H20N4O3/c1-15-16(2)28-29(24(30)19(15)13-26)14-21-23(25(31)32-3)22(17-9-5-4-6-10-17)18-11-7-8-12-20(18)27-21/h4-12H,14H2,1-3H3. The van der Waals surface area contributed by atoms with Crippen LogP contribution in [0.3, 0.4) is 0 Å². The molecule has 0 N–H and O–H groups in total. The van der Waals surface area contributed by atoms with Gasteiger partial charge < -0.3 is 4.74 Å². The van der Waals surface area contributed by atoms with Gasteiger partial charge in [-0.2, -0.15) is 10.4 Å². The molecule has 4 aromatic rings. The molecule has 0 bridgehead atoms. The molecule has 7 heteroatoms. The number of carbonyl (C=O) groups excluding carboxylic acids is 1. The number of ether oxygens (including phenoxy) is 1. The minimum Gasteiger partial charge on any atom is -0.465 e. The van der Waals surface area contributed by atoms with Crippen molar-refractivity contribution >= 4 is 16.9 Å². The summed E-state index contributed by atoms with van der Waals surface area (Å²) in [4.78, 5) is 30.5. The largest absolute Gasteiger partial charge is 0.465 e. The van der Waals surface area contributed by atoms with E-state index >= 15 is 0 Å². The van der Waals surface area contributed by atoms with E-state index in [2.05, 4.69) is 5.10 Å². The minimum absolute atomic E-state index is 0.0289. The van der Waals surface area contributed by atoms with Gasteiger partial charge in [0.1, 0.15) is 11.6 Å². The molecule has 0 amide bonds. The van der Waals surface area contributed by atoms with Gasteiger partial charge in [-0.3, -0.25) is 4.79 Å². The Hall–Kier alpha value is -4.31. The third-order valence-corrected chi connectivity index (χ3v) is 5.47.